The van der Waals surface area contributed by atoms with E-state index in [1.54, 1.807) is 41.1 Å². The molecule has 2 N–H and O–H groups in total. The minimum absolute atomic E-state index is 0.0863. The first-order valence-electron chi connectivity index (χ1n) is 10.6. The molecule has 4 rings (SSSR count). The highest BCUT2D eigenvalue weighted by molar-refractivity contribution is 5.95. The van der Waals surface area contributed by atoms with E-state index in [4.69, 9.17) is 0 Å². The summed E-state index contributed by atoms with van der Waals surface area (Å²) < 4.78 is 41.4. The molecule has 0 atom stereocenters. The van der Waals surface area contributed by atoms with E-state index in [1.807, 2.05) is 7.05 Å². The lowest BCUT2D eigenvalue weighted by molar-refractivity contribution is -0.0899. The first kappa shape index (κ1) is 23.1. The first-order chi connectivity index (χ1) is 16.3. The molecule has 34 heavy (non-hydrogen) atoms. The number of rotatable bonds is 7. The number of aromatic nitrogens is 5. The fourth-order valence-corrected chi connectivity index (χ4v) is 3.58. The number of amides is 1. The van der Waals surface area contributed by atoms with E-state index < -0.39 is 17.7 Å². The molecule has 1 aliphatic rings. The molecule has 0 bridgehead atoms. The maximum absolute atomic E-state index is 13.2. The highest BCUT2D eigenvalue weighted by Gasteiger charge is 2.36. The number of alkyl halides is 3. The number of nitrogens with zero attached hydrogens (tertiary/aromatic N) is 5. The summed E-state index contributed by atoms with van der Waals surface area (Å²) in [7, 11) is 1.82. The molecule has 176 valence electrons. The SMILES string of the molecule is Cn1c(CNc2cccc(C(=O)NCC3=CCCC=C3C(F)(F)F)c2)nnc1-c1ccncn1. The summed E-state index contributed by atoms with van der Waals surface area (Å²) in [6, 6.07) is 8.45. The van der Waals surface area contributed by atoms with Gasteiger partial charge in [-0.15, -0.1) is 10.2 Å². The Balaban J connectivity index is 1.38. The van der Waals surface area contributed by atoms with E-state index >= 15 is 0 Å². The van der Waals surface area contributed by atoms with Crippen LogP contribution in [0.3, 0.4) is 0 Å². The molecule has 11 heteroatoms. The third kappa shape index (κ3) is 5.30. The summed E-state index contributed by atoms with van der Waals surface area (Å²) in [5, 5.41) is 14.1. The molecule has 1 amide bonds. The summed E-state index contributed by atoms with van der Waals surface area (Å²) in [6.07, 6.45) is 2.18. The van der Waals surface area contributed by atoms with Gasteiger partial charge in [0.2, 0.25) is 0 Å². The van der Waals surface area contributed by atoms with Crippen LogP contribution in [-0.2, 0) is 13.6 Å². The van der Waals surface area contributed by atoms with Crippen LogP contribution in [0.15, 0.2) is 66.2 Å². The van der Waals surface area contributed by atoms with Crippen LogP contribution in [0.25, 0.3) is 11.5 Å². The third-order valence-electron chi connectivity index (χ3n) is 5.35. The number of halogens is 3. The van der Waals surface area contributed by atoms with Crippen molar-refractivity contribution in [1.29, 1.82) is 0 Å². The Kier molecular flexibility index (Phi) is 6.71. The highest BCUT2D eigenvalue weighted by Crippen LogP contribution is 2.34. The number of allylic oxidation sites excluding steroid dienone is 2. The van der Waals surface area contributed by atoms with E-state index in [0.717, 1.165) is 0 Å². The maximum Gasteiger partial charge on any atom is 0.416 e. The molecule has 0 saturated heterocycles. The lowest BCUT2D eigenvalue weighted by Crippen LogP contribution is -2.29. The van der Waals surface area contributed by atoms with E-state index in [0.29, 0.717) is 48.0 Å². The van der Waals surface area contributed by atoms with E-state index in [2.05, 4.69) is 30.8 Å². The molecule has 2 heterocycles. The predicted octanol–water partition coefficient (Wildman–Crippen LogP) is 3.82. The first-order valence-corrected chi connectivity index (χ1v) is 10.6. The molecule has 1 aliphatic carbocycles. The summed E-state index contributed by atoms with van der Waals surface area (Å²) in [5.41, 5.74) is 1.04. The number of anilines is 1. The number of carbonyl (C=O) groups is 1. The molecule has 8 nitrogen and oxygen atoms in total. The van der Waals surface area contributed by atoms with Crippen LogP contribution in [0, 0.1) is 0 Å². The molecule has 0 radical (unpaired) electrons. The van der Waals surface area contributed by atoms with Gasteiger partial charge in [-0.2, -0.15) is 13.2 Å². The normalized spacial score (nSPS) is 13.8. The van der Waals surface area contributed by atoms with Gasteiger partial charge in [-0.25, -0.2) is 9.97 Å². The second-order valence-corrected chi connectivity index (χ2v) is 7.63. The fraction of sp³-hybridized carbons (Fsp3) is 0.261. The molecule has 2 aromatic heterocycles. The van der Waals surface area contributed by atoms with Gasteiger partial charge in [-0.1, -0.05) is 18.2 Å². The lowest BCUT2D eigenvalue weighted by atomic mass is 9.97. The Bertz CT molecular complexity index is 1230. The summed E-state index contributed by atoms with van der Waals surface area (Å²) in [5.74, 6) is 0.789. The number of hydrogen-bond donors (Lipinski definition) is 2. The monoisotopic (exact) mass is 469 g/mol. The molecule has 0 aliphatic heterocycles. The van der Waals surface area contributed by atoms with Crippen LogP contribution < -0.4 is 10.6 Å². The number of carbonyl (C=O) groups excluding carboxylic acids is 1. The van der Waals surface area contributed by atoms with Crippen LogP contribution in [0.4, 0.5) is 18.9 Å². The van der Waals surface area contributed by atoms with Gasteiger partial charge < -0.3 is 15.2 Å². The Labute approximate surface area is 193 Å². The fourth-order valence-electron chi connectivity index (χ4n) is 3.58. The largest absolute Gasteiger partial charge is 0.416 e. The average molecular weight is 469 g/mol. The summed E-state index contributed by atoms with van der Waals surface area (Å²) >= 11 is 0. The van der Waals surface area contributed by atoms with Gasteiger partial charge in [0, 0.05) is 31.0 Å². The number of nitrogens with one attached hydrogen (secondary N) is 2. The van der Waals surface area contributed by atoms with Crippen molar-refractivity contribution in [3.8, 4) is 11.5 Å². The van der Waals surface area contributed by atoms with Crippen molar-refractivity contribution in [2.24, 2.45) is 7.05 Å². The number of hydrogen-bond acceptors (Lipinski definition) is 6. The molecule has 0 saturated carbocycles. The van der Waals surface area contributed by atoms with E-state index in [-0.39, 0.29) is 12.1 Å². The van der Waals surface area contributed by atoms with Crippen molar-refractivity contribution in [3.63, 3.8) is 0 Å². The molecule has 3 aromatic rings. The Hall–Kier alpha value is -4.02. The van der Waals surface area contributed by atoms with Gasteiger partial charge in [0.15, 0.2) is 11.6 Å². The van der Waals surface area contributed by atoms with Crippen molar-refractivity contribution in [2.75, 3.05) is 11.9 Å². The van der Waals surface area contributed by atoms with Crippen molar-refractivity contribution in [1.82, 2.24) is 30.0 Å². The summed E-state index contributed by atoms with van der Waals surface area (Å²) in [6.45, 7) is 0.152. The number of benzene rings is 1. The van der Waals surface area contributed by atoms with Gasteiger partial charge in [0.1, 0.15) is 12.0 Å². The highest BCUT2D eigenvalue weighted by atomic mass is 19.4. The predicted molar refractivity (Wildman–Crippen MR) is 120 cm³/mol. The van der Waals surface area contributed by atoms with Crippen molar-refractivity contribution >= 4 is 11.6 Å². The molecule has 0 unspecified atom stereocenters. The molecular weight excluding hydrogens is 447 g/mol. The second-order valence-electron chi connectivity index (χ2n) is 7.63. The topological polar surface area (TPSA) is 97.6 Å². The smallest absolute Gasteiger partial charge is 0.378 e. The van der Waals surface area contributed by atoms with Gasteiger partial charge in [0.05, 0.1) is 12.1 Å². The van der Waals surface area contributed by atoms with E-state index in [9.17, 15) is 18.0 Å². The van der Waals surface area contributed by atoms with E-state index in [1.165, 1.54) is 18.5 Å². The van der Waals surface area contributed by atoms with Gasteiger partial charge in [-0.3, -0.25) is 4.79 Å². The Morgan fingerprint density at radius 1 is 1.12 bits per heavy atom. The Morgan fingerprint density at radius 2 is 1.94 bits per heavy atom. The van der Waals surface area contributed by atoms with Crippen LogP contribution in [0.5, 0.6) is 0 Å². The van der Waals surface area contributed by atoms with Crippen LogP contribution in [0.2, 0.25) is 0 Å². The van der Waals surface area contributed by atoms with Crippen molar-refractivity contribution < 1.29 is 18.0 Å². The second kappa shape index (κ2) is 9.86. The van der Waals surface area contributed by atoms with Crippen LogP contribution in [-0.4, -0.2) is 43.4 Å². The minimum Gasteiger partial charge on any atom is -0.378 e. The molecular formula is C23H22F3N7O. The van der Waals surface area contributed by atoms with Gasteiger partial charge in [-0.05, 0) is 42.7 Å². The molecule has 0 spiro atoms. The average Bonchev–Trinajstić information content (AvgIpc) is 3.21. The molecule has 0 fully saturated rings. The molecule has 1 aromatic carbocycles. The zero-order valence-corrected chi connectivity index (χ0v) is 18.3. The van der Waals surface area contributed by atoms with Crippen molar-refractivity contribution in [2.45, 2.75) is 25.6 Å². The maximum atomic E-state index is 13.2. The van der Waals surface area contributed by atoms with Gasteiger partial charge >= 0.3 is 6.18 Å². The quantitative estimate of drug-likeness (QED) is 0.546. The minimum atomic E-state index is -4.44. The Morgan fingerprint density at radius 3 is 2.71 bits per heavy atom. The van der Waals surface area contributed by atoms with Crippen LogP contribution >= 0.6 is 0 Å². The van der Waals surface area contributed by atoms with Crippen LogP contribution in [0.1, 0.15) is 29.0 Å². The zero-order valence-electron chi connectivity index (χ0n) is 18.3. The van der Waals surface area contributed by atoms with Crippen molar-refractivity contribution in [3.05, 3.63) is 77.5 Å². The standard InChI is InChI=1S/C23H22F3N7O/c1-33-20(31-32-21(33)19-9-10-27-14-30-19)13-28-17-7-4-6-15(11-17)22(34)29-12-16-5-2-3-8-18(16)23(24,25)26/h4-11,14,28H,2-3,12-13H2,1H3,(H,29,34). The van der Waals surface area contributed by atoms with Gasteiger partial charge in [0.25, 0.3) is 5.91 Å². The third-order valence-corrected chi connectivity index (χ3v) is 5.35. The lowest BCUT2D eigenvalue weighted by Gasteiger charge is -2.19. The zero-order chi connectivity index (χ0) is 24.1. The summed E-state index contributed by atoms with van der Waals surface area (Å²) in [4.78, 5) is 20.6.